The highest BCUT2D eigenvalue weighted by Crippen LogP contribution is 2.23. The Hall–Kier alpha value is -2.03. The SMILES string of the molecule is CCNc1cc(Oc2cccc(CC)c2)ccn1. The van der Waals surface area contributed by atoms with Crippen LogP contribution in [0.3, 0.4) is 0 Å². The number of pyridine rings is 1. The number of rotatable bonds is 5. The summed E-state index contributed by atoms with van der Waals surface area (Å²) in [5, 5.41) is 3.17. The number of aryl methyl sites for hydroxylation is 1. The van der Waals surface area contributed by atoms with Crippen molar-refractivity contribution in [2.75, 3.05) is 11.9 Å². The van der Waals surface area contributed by atoms with Gasteiger partial charge in [-0.05, 0) is 37.1 Å². The molecule has 1 heterocycles. The van der Waals surface area contributed by atoms with E-state index in [4.69, 9.17) is 4.74 Å². The van der Waals surface area contributed by atoms with Crippen molar-refractivity contribution in [2.24, 2.45) is 0 Å². The molecule has 2 rings (SSSR count). The Morgan fingerprint density at radius 3 is 2.72 bits per heavy atom. The van der Waals surface area contributed by atoms with E-state index in [1.807, 2.05) is 31.2 Å². The van der Waals surface area contributed by atoms with Crippen molar-refractivity contribution >= 4 is 5.82 Å². The zero-order chi connectivity index (χ0) is 12.8. The lowest BCUT2D eigenvalue weighted by atomic mass is 10.2. The van der Waals surface area contributed by atoms with E-state index in [0.717, 1.165) is 30.3 Å². The third-order valence-electron chi connectivity index (χ3n) is 2.63. The lowest BCUT2D eigenvalue weighted by Crippen LogP contribution is -1.98. The summed E-state index contributed by atoms with van der Waals surface area (Å²) in [4.78, 5) is 4.21. The van der Waals surface area contributed by atoms with Gasteiger partial charge in [0.05, 0.1) is 0 Å². The second-order valence-electron chi connectivity index (χ2n) is 4.01. The number of hydrogen-bond acceptors (Lipinski definition) is 3. The number of nitrogens with zero attached hydrogens (tertiary/aromatic N) is 1. The van der Waals surface area contributed by atoms with Crippen LogP contribution >= 0.6 is 0 Å². The number of benzene rings is 1. The van der Waals surface area contributed by atoms with Crippen LogP contribution in [0, 0.1) is 0 Å². The summed E-state index contributed by atoms with van der Waals surface area (Å²) < 4.78 is 5.83. The van der Waals surface area contributed by atoms with E-state index in [9.17, 15) is 0 Å². The fourth-order valence-electron chi connectivity index (χ4n) is 1.72. The predicted octanol–water partition coefficient (Wildman–Crippen LogP) is 3.87. The number of aromatic nitrogens is 1. The van der Waals surface area contributed by atoms with Gasteiger partial charge in [0.15, 0.2) is 0 Å². The van der Waals surface area contributed by atoms with Crippen LogP contribution < -0.4 is 10.1 Å². The van der Waals surface area contributed by atoms with Crippen LogP contribution in [0.15, 0.2) is 42.6 Å². The summed E-state index contributed by atoms with van der Waals surface area (Å²) in [6.45, 7) is 5.02. The van der Waals surface area contributed by atoms with Crippen molar-refractivity contribution in [3.05, 3.63) is 48.2 Å². The van der Waals surface area contributed by atoms with Gasteiger partial charge in [-0.15, -0.1) is 0 Å². The van der Waals surface area contributed by atoms with Crippen LogP contribution in [0.5, 0.6) is 11.5 Å². The maximum absolute atomic E-state index is 5.83. The van der Waals surface area contributed by atoms with Crippen LogP contribution in [-0.4, -0.2) is 11.5 Å². The van der Waals surface area contributed by atoms with Crippen molar-refractivity contribution in [1.82, 2.24) is 4.98 Å². The van der Waals surface area contributed by atoms with Crippen LogP contribution in [-0.2, 0) is 6.42 Å². The lowest BCUT2D eigenvalue weighted by Gasteiger charge is -2.08. The van der Waals surface area contributed by atoms with E-state index < -0.39 is 0 Å². The molecule has 0 aliphatic rings. The van der Waals surface area contributed by atoms with Gasteiger partial charge in [-0.1, -0.05) is 19.1 Å². The molecular weight excluding hydrogens is 224 g/mol. The molecule has 1 aromatic carbocycles. The molecule has 0 aliphatic carbocycles. The summed E-state index contributed by atoms with van der Waals surface area (Å²) in [5.74, 6) is 2.50. The quantitative estimate of drug-likeness (QED) is 0.864. The van der Waals surface area contributed by atoms with Gasteiger partial charge in [-0.2, -0.15) is 0 Å². The predicted molar refractivity (Wildman–Crippen MR) is 74.3 cm³/mol. The van der Waals surface area contributed by atoms with Crippen molar-refractivity contribution < 1.29 is 4.74 Å². The average molecular weight is 242 g/mol. The van der Waals surface area contributed by atoms with Gasteiger partial charge in [0.1, 0.15) is 17.3 Å². The second kappa shape index (κ2) is 6.05. The molecule has 3 heteroatoms. The molecule has 1 aromatic heterocycles. The van der Waals surface area contributed by atoms with E-state index in [-0.39, 0.29) is 0 Å². The minimum absolute atomic E-state index is 0.800. The molecule has 0 atom stereocenters. The first-order chi connectivity index (χ1) is 8.81. The monoisotopic (exact) mass is 242 g/mol. The molecule has 2 aromatic rings. The molecule has 3 nitrogen and oxygen atoms in total. The molecule has 0 amide bonds. The molecule has 94 valence electrons. The number of hydrogen-bond donors (Lipinski definition) is 1. The normalized spacial score (nSPS) is 10.1. The van der Waals surface area contributed by atoms with Crippen molar-refractivity contribution in [1.29, 1.82) is 0 Å². The molecule has 0 unspecified atom stereocenters. The van der Waals surface area contributed by atoms with Gasteiger partial charge in [0.2, 0.25) is 0 Å². The fraction of sp³-hybridized carbons (Fsp3) is 0.267. The van der Waals surface area contributed by atoms with Crippen LogP contribution in [0.1, 0.15) is 19.4 Å². The van der Waals surface area contributed by atoms with E-state index in [1.54, 1.807) is 6.20 Å². The molecule has 1 N–H and O–H groups in total. The van der Waals surface area contributed by atoms with Gasteiger partial charge in [-0.25, -0.2) is 4.98 Å². The Labute approximate surface area is 108 Å². The van der Waals surface area contributed by atoms with Crippen molar-refractivity contribution in [2.45, 2.75) is 20.3 Å². The van der Waals surface area contributed by atoms with Gasteiger partial charge in [-0.3, -0.25) is 0 Å². The Morgan fingerprint density at radius 1 is 1.11 bits per heavy atom. The molecule has 0 bridgehead atoms. The third kappa shape index (κ3) is 3.23. The summed E-state index contributed by atoms with van der Waals surface area (Å²) >= 11 is 0. The Balaban J connectivity index is 2.14. The van der Waals surface area contributed by atoms with Crippen LogP contribution in [0.4, 0.5) is 5.82 Å². The number of anilines is 1. The highest BCUT2D eigenvalue weighted by Gasteiger charge is 2.00. The summed E-state index contributed by atoms with van der Waals surface area (Å²) in [7, 11) is 0. The minimum Gasteiger partial charge on any atom is -0.457 e. The number of nitrogens with one attached hydrogen (secondary N) is 1. The molecule has 0 saturated heterocycles. The zero-order valence-electron chi connectivity index (χ0n) is 10.8. The maximum atomic E-state index is 5.83. The minimum atomic E-state index is 0.800. The third-order valence-corrected chi connectivity index (χ3v) is 2.63. The van der Waals surface area contributed by atoms with Gasteiger partial charge >= 0.3 is 0 Å². The first-order valence-electron chi connectivity index (χ1n) is 6.28. The van der Waals surface area contributed by atoms with Crippen molar-refractivity contribution in [3.63, 3.8) is 0 Å². The maximum Gasteiger partial charge on any atom is 0.132 e. The Kier molecular flexibility index (Phi) is 4.18. The first-order valence-corrected chi connectivity index (χ1v) is 6.28. The smallest absolute Gasteiger partial charge is 0.132 e. The van der Waals surface area contributed by atoms with E-state index in [2.05, 4.69) is 29.4 Å². The average Bonchev–Trinajstić information content (AvgIpc) is 2.40. The highest BCUT2D eigenvalue weighted by molar-refractivity contribution is 5.42. The zero-order valence-corrected chi connectivity index (χ0v) is 10.8. The standard InChI is InChI=1S/C15H18N2O/c1-3-12-6-5-7-13(10-12)18-14-8-9-17-15(11-14)16-4-2/h5-11H,3-4H2,1-2H3,(H,16,17). The molecule has 18 heavy (non-hydrogen) atoms. The first kappa shape index (κ1) is 12.4. The summed E-state index contributed by atoms with van der Waals surface area (Å²) in [5.41, 5.74) is 1.27. The number of ether oxygens (including phenoxy) is 1. The van der Waals surface area contributed by atoms with Gasteiger partial charge in [0, 0.05) is 18.8 Å². The topological polar surface area (TPSA) is 34.1 Å². The molecule has 0 aliphatic heterocycles. The highest BCUT2D eigenvalue weighted by atomic mass is 16.5. The molecule has 0 saturated carbocycles. The van der Waals surface area contributed by atoms with E-state index >= 15 is 0 Å². The largest absolute Gasteiger partial charge is 0.457 e. The molecule has 0 spiro atoms. The summed E-state index contributed by atoms with van der Waals surface area (Å²) in [6.07, 6.45) is 2.76. The molecule has 0 fully saturated rings. The van der Waals surface area contributed by atoms with Crippen LogP contribution in [0.25, 0.3) is 0 Å². The Morgan fingerprint density at radius 2 is 1.94 bits per heavy atom. The van der Waals surface area contributed by atoms with Gasteiger partial charge in [0.25, 0.3) is 0 Å². The molecular formula is C15H18N2O. The Bertz CT molecular complexity index is 511. The lowest BCUT2D eigenvalue weighted by molar-refractivity contribution is 0.481. The van der Waals surface area contributed by atoms with E-state index in [1.165, 1.54) is 5.56 Å². The van der Waals surface area contributed by atoms with E-state index in [0.29, 0.717) is 0 Å². The van der Waals surface area contributed by atoms with Gasteiger partial charge < -0.3 is 10.1 Å². The molecule has 0 radical (unpaired) electrons. The summed E-state index contributed by atoms with van der Waals surface area (Å²) in [6, 6.07) is 11.9. The van der Waals surface area contributed by atoms with Crippen molar-refractivity contribution in [3.8, 4) is 11.5 Å². The van der Waals surface area contributed by atoms with Crippen LogP contribution in [0.2, 0.25) is 0 Å². The fourth-order valence-corrected chi connectivity index (χ4v) is 1.72. The second-order valence-corrected chi connectivity index (χ2v) is 4.01.